The second-order valence-corrected chi connectivity index (χ2v) is 8.64. The number of sulfonamides is 1. The van der Waals surface area contributed by atoms with Crippen LogP contribution in [0.5, 0.6) is 0 Å². The molecule has 148 valence electrons. The largest absolute Gasteiger partial charge is 0.340 e. The molecule has 0 unspecified atom stereocenters. The molecule has 0 radical (unpaired) electrons. The van der Waals surface area contributed by atoms with E-state index in [1.165, 1.54) is 4.31 Å². The third-order valence-electron chi connectivity index (χ3n) is 5.08. The van der Waals surface area contributed by atoms with Crippen molar-refractivity contribution in [2.45, 2.75) is 45.4 Å². The normalized spacial score (nSPS) is 15.7. The predicted molar refractivity (Wildman–Crippen MR) is 106 cm³/mol. The predicted octanol–water partition coefficient (Wildman–Crippen LogP) is 1.91. The van der Waals surface area contributed by atoms with Crippen molar-refractivity contribution in [3.05, 3.63) is 28.3 Å². The molecule has 8 heteroatoms. The third-order valence-corrected chi connectivity index (χ3v) is 7.25. The molecule has 0 saturated carbocycles. The Balaban J connectivity index is 0.00000338. The summed E-state index contributed by atoms with van der Waals surface area (Å²) in [5.41, 5.74) is 9.03. The minimum Gasteiger partial charge on any atom is -0.340 e. The lowest BCUT2D eigenvalue weighted by molar-refractivity contribution is -0.132. The number of halogens is 1. The van der Waals surface area contributed by atoms with E-state index in [0.29, 0.717) is 50.5 Å². The number of rotatable bonds is 5. The van der Waals surface area contributed by atoms with Crippen molar-refractivity contribution in [2.75, 3.05) is 32.7 Å². The van der Waals surface area contributed by atoms with E-state index in [2.05, 4.69) is 0 Å². The molecule has 6 nitrogen and oxygen atoms in total. The molecular weight excluding hydrogens is 374 g/mol. The van der Waals surface area contributed by atoms with Gasteiger partial charge in [-0.3, -0.25) is 4.79 Å². The average Bonchev–Trinajstić information content (AvgIpc) is 2.58. The van der Waals surface area contributed by atoms with Gasteiger partial charge in [0.05, 0.1) is 4.90 Å². The monoisotopic (exact) mass is 403 g/mol. The number of hydrogen-bond donors (Lipinski definition) is 1. The summed E-state index contributed by atoms with van der Waals surface area (Å²) in [6.07, 6.45) is 1.09. The Morgan fingerprint density at radius 1 is 1.04 bits per heavy atom. The molecule has 26 heavy (non-hydrogen) atoms. The number of nitrogens with zero attached hydrogens (tertiary/aromatic N) is 2. The average molecular weight is 404 g/mol. The van der Waals surface area contributed by atoms with Gasteiger partial charge in [-0.15, -0.1) is 12.4 Å². The van der Waals surface area contributed by atoms with E-state index in [1.807, 2.05) is 33.8 Å². The summed E-state index contributed by atoms with van der Waals surface area (Å²) in [6.45, 7) is 9.64. The van der Waals surface area contributed by atoms with Crippen molar-refractivity contribution in [1.82, 2.24) is 9.21 Å². The highest BCUT2D eigenvalue weighted by atomic mass is 35.5. The molecule has 1 heterocycles. The summed E-state index contributed by atoms with van der Waals surface area (Å²) in [7, 11) is -3.56. The van der Waals surface area contributed by atoms with Gasteiger partial charge in [-0.2, -0.15) is 4.31 Å². The van der Waals surface area contributed by atoms with E-state index in [4.69, 9.17) is 5.73 Å². The van der Waals surface area contributed by atoms with Crippen LogP contribution >= 0.6 is 12.4 Å². The first kappa shape index (κ1) is 22.9. The number of aryl methyl sites for hydroxylation is 2. The molecule has 1 aromatic rings. The SMILES string of the molecule is Cc1cc(C)c(C)c(S(=O)(=O)N2CCN(C(=O)CCCN)CC2)c1C.Cl. The van der Waals surface area contributed by atoms with Crippen LogP contribution < -0.4 is 5.73 Å². The van der Waals surface area contributed by atoms with Crippen LogP contribution in [0.3, 0.4) is 0 Å². The molecule has 2 N–H and O–H groups in total. The molecule has 1 saturated heterocycles. The van der Waals surface area contributed by atoms with E-state index in [-0.39, 0.29) is 18.3 Å². The van der Waals surface area contributed by atoms with E-state index in [0.717, 1.165) is 22.3 Å². The van der Waals surface area contributed by atoms with E-state index in [9.17, 15) is 13.2 Å². The molecule has 0 atom stereocenters. The number of carbonyl (C=O) groups excluding carboxylic acids is 1. The van der Waals surface area contributed by atoms with Crippen LogP contribution in [0.1, 0.15) is 35.1 Å². The number of piperazine rings is 1. The summed E-state index contributed by atoms with van der Waals surface area (Å²) >= 11 is 0. The second kappa shape index (κ2) is 9.17. The molecule has 1 aliphatic rings. The lowest BCUT2D eigenvalue weighted by Gasteiger charge is -2.35. The van der Waals surface area contributed by atoms with E-state index >= 15 is 0 Å². The van der Waals surface area contributed by atoms with Crippen molar-refractivity contribution >= 4 is 28.3 Å². The first-order valence-electron chi connectivity index (χ1n) is 8.75. The first-order chi connectivity index (χ1) is 11.7. The Bertz CT molecular complexity index is 731. The number of carbonyl (C=O) groups is 1. The molecule has 0 spiro atoms. The number of hydrogen-bond acceptors (Lipinski definition) is 4. The van der Waals surface area contributed by atoms with Crippen LogP contribution in [0.2, 0.25) is 0 Å². The van der Waals surface area contributed by atoms with Crippen molar-refractivity contribution in [3.8, 4) is 0 Å². The smallest absolute Gasteiger partial charge is 0.243 e. The maximum Gasteiger partial charge on any atom is 0.243 e. The maximum absolute atomic E-state index is 13.2. The van der Waals surface area contributed by atoms with Crippen molar-refractivity contribution < 1.29 is 13.2 Å². The lowest BCUT2D eigenvalue weighted by Crippen LogP contribution is -2.50. The summed E-state index contributed by atoms with van der Waals surface area (Å²) in [6, 6.07) is 2.03. The van der Waals surface area contributed by atoms with Crippen LogP contribution in [0.4, 0.5) is 0 Å². The summed E-state index contributed by atoms with van der Waals surface area (Å²) in [5, 5.41) is 0. The Kier molecular flexibility index (Phi) is 8.07. The van der Waals surface area contributed by atoms with Gasteiger partial charge in [0.1, 0.15) is 0 Å². The maximum atomic E-state index is 13.2. The summed E-state index contributed by atoms with van der Waals surface area (Å²) in [4.78, 5) is 14.2. The zero-order valence-corrected chi connectivity index (χ0v) is 17.7. The van der Waals surface area contributed by atoms with Gasteiger partial charge in [0, 0.05) is 32.6 Å². The summed E-state index contributed by atoms with van der Waals surface area (Å²) < 4.78 is 27.9. The fraction of sp³-hybridized carbons (Fsp3) is 0.611. The topological polar surface area (TPSA) is 83.7 Å². The molecule has 1 fully saturated rings. The van der Waals surface area contributed by atoms with Crippen molar-refractivity contribution in [2.24, 2.45) is 5.73 Å². The van der Waals surface area contributed by atoms with E-state index < -0.39 is 10.0 Å². The van der Waals surface area contributed by atoms with Crippen LogP contribution in [-0.2, 0) is 14.8 Å². The molecule has 0 aliphatic carbocycles. The van der Waals surface area contributed by atoms with Crippen molar-refractivity contribution in [3.63, 3.8) is 0 Å². The number of nitrogens with two attached hydrogens (primary N) is 1. The van der Waals surface area contributed by atoms with Gasteiger partial charge >= 0.3 is 0 Å². The van der Waals surface area contributed by atoms with Gasteiger partial charge in [-0.05, 0) is 62.9 Å². The minimum absolute atomic E-state index is 0. The van der Waals surface area contributed by atoms with Crippen LogP contribution in [0.15, 0.2) is 11.0 Å². The van der Waals surface area contributed by atoms with Gasteiger partial charge in [-0.1, -0.05) is 6.07 Å². The molecule has 0 bridgehead atoms. The van der Waals surface area contributed by atoms with Gasteiger partial charge in [0.25, 0.3) is 0 Å². The molecule has 1 aliphatic heterocycles. The highest BCUT2D eigenvalue weighted by Crippen LogP contribution is 2.29. The molecular formula is C18H30ClN3O3S. The lowest BCUT2D eigenvalue weighted by atomic mass is 10.0. The zero-order chi connectivity index (χ0) is 18.8. The Morgan fingerprint density at radius 2 is 1.54 bits per heavy atom. The zero-order valence-electron chi connectivity index (χ0n) is 16.0. The Morgan fingerprint density at radius 3 is 2.00 bits per heavy atom. The Labute approximate surface area is 163 Å². The highest BCUT2D eigenvalue weighted by molar-refractivity contribution is 7.89. The third kappa shape index (κ3) is 4.57. The van der Waals surface area contributed by atoms with Crippen LogP contribution in [-0.4, -0.2) is 56.3 Å². The Hall–Kier alpha value is -1.15. The van der Waals surface area contributed by atoms with Crippen LogP contribution in [0, 0.1) is 27.7 Å². The van der Waals surface area contributed by atoms with Crippen LogP contribution in [0.25, 0.3) is 0 Å². The van der Waals surface area contributed by atoms with Gasteiger partial charge in [-0.25, -0.2) is 8.42 Å². The van der Waals surface area contributed by atoms with E-state index in [1.54, 1.807) is 4.90 Å². The molecule has 2 rings (SSSR count). The highest BCUT2D eigenvalue weighted by Gasteiger charge is 2.32. The van der Waals surface area contributed by atoms with Gasteiger partial charge < -0.3 is 10.6 Å². The number of benzene rings is 1. The fourth-order valence-electron chi connectivity index (χ4n) is 3.29. The standard InChI is InChI=1S/C18H29N3O3S.ClH/c1-13-12-14(2)16(4)18(15(13)3)25(23,24)21-10-8-20(9-11-21)17(22)6-5-7-19;/h12H,5-11,19H2,1-4H3;1H. The minimum atomic E-state index is -3.56. The number of amides is 1. The van der Waals surface area contributed by atoms with Gasteiger partial charge in [0.15, 0.2) is 0 Å². The molecule has 0 aromatic heterocycles. The quantitative estimate of drug-likeness (QED) is 0.813. The van der Waals surface area contributed by atoms with Gasteiger partial charge in [0.2, 0.25) is 15.9 Å². The first-order valence-corrected chi connectivity index (χ1v) is 10.2. The molecule has 1 aromatic carbocycles. The fourth-order valence-corrected chi connectivity index (χ4v) is 5.28. The van der Waals surface area contributed by atoms with Crippen molar-refractivity contribution in [1.29, 1.82) is 0 Å². The molecule has 1 amide bonds. The second-order valence-electron chi connectivity index (χ2n) is 6.77. The summed E-state index contributed by atoms with van der Waals surface area (Å²) in [5.74, 6) is 0.0567.